The van der Waals surface area contributed by atoms with Crippen LogP contribution in [0.1, 0.15) is 20.8 Å². The SMILES string of the molecule is CC=CC=C(C(=O)Cl)C(C)C. The zero-order valence-electron chi connectivity index (χ0n) is 7.10. The van der Waals surface area contributed by atoms with Crippen molar-refractivity contribution in [1.29, 1.82) is 0 Å². The lowest BCUT2D eigenvalue weighted by Gasteiger charge is -2.03. The molecule has 0 atom stereocenters. The molecule has 11 heavy (non-hydrogen) atoms. The van der Waals surface area contributed by atoms with Crippen LogP contribution in [0.5, 0.6) is 0 Å². The van der Waals surface area contributed by atoms with E-state index >= 15 is 0 Å². The lowest BCUT2D eigenvalue weighted by atomic mass is 10.0. The Morgan fingerprint density at radius 2 is 2.00 bits per heavy atom. The second-order valence-electron chi connectivity index (χ2n) is 2.58. The third-order valence-corrected chi connectivity index (χ3v) is 1.54. The molecule has 0 aliphatic rings. The van der Waals surface area contributed by atoms with Crippen LogP contribution < -0.4 is 0 Å². The van der Waals surface area contributed by atoms with Gasteiger partial charge < -0.3 is 0 Å². The zero-order valence-corrected chi connectivity index (χ0v) is 7.85. The molecule has 0 N–H and O–H groups in total. The highest BCUT2D eigenvalue weighted by Crippen LogP contribution is 2.12. The molecular formula is C9H13ClO. The molecule has 0 heterocycles. The monoisotopic (exact) mass is 172 g/mol. The van der Waals surface area contributed by atoms with E-state index < -0.39 is 0 Å². The van der Waals surface area contributed by atoms with Crippen molar-refractivity contribution in [1.82, 2.24) is 0 Å². The Labute approximate surface area is 72.7 Å². The largest absolute Gasteiger partial charge is 0.276 e. The van der Waals surface area contributed by atoms with E-state index in [0.717, 1.165) is 0 Å². The van der Waals surface area contributed by atoms with Gasteiger partial charge in [-0.3, -0.25) is 4.79 Å². The minimum absolute atomic E-state index is 0.191. The number of hydrogen-bond acceptors (Lipinski definition) is 1. The molecule has 0 aromatic heterocycles. The molecule has 0 aromatic carbocycles. The number of rotatable bonds is 3. The van der Waals surface area contributed by atoms with E-state index in [4.69, 9.17) is 11.6 Å². The fraction of sp³-hybridized carbons (Fsp3) is 0.444. The fourth-order valence-electron chi connectivity index (χ4n) is 0.685. The summed E-state index contributed by atoms with van der Waals surface area (Å²) in [6.45, 7) is 5.78. The molecule has 0 saturated carbocycles. The van der Waals surface area contributed by atoms with Crippen LogP contribution in [0.25, 0.3) is 0 Å². The fourth-order valence-corrected chi connectivity index (χ4v) is 0.966. The van der Waals surface area contributed by atoms with E-state index in [1.165, 1.54) is 0 Å². The standard InChI is InChI=1S/C9H13ClO/c1-4-5-6-8(7(2)3)9(10)11/h4-7H,1-3H3. The van der Waals surface area contributed by atoms with E-state index in [9.17, 15) is 4.79 Å². The first kappa shape index (κ1) is 10.4. The molecule has 0 spiro atoms. The van der Waals surface area contributed by atoms with Gasteiger partial charge >= 0.3 is 0 Å². The summed E-state index contributed by atoms with van der Waals surface area (Å²) in [7, 11) is 0. The molecule has 0 fully saturated rings. The first-order chi connectivity index (χ1) is 5.09. The molecule has 0 radical (unpaired) electrons. The quantitative estimate of drug-likeness (QED) is 0.364. The van der Waals surface area contributed by atoms with E-state index in [1.54, 1.807) is 6.08 Å². The Balaban J connectivity index is 4.46. The molecule has 1 nitrogen and oxygen atoms in total. The van der Waals surface area contributed by atoms with E-state index in [-0.39, 0.29) is 11.2 Å². The molecule has 0 bridgehead atoms. The summed E-state index contributed by atoms with van der Waals surface area (Å²) in [5.41, 5.74) is 0.657. The second-order valence-corrected chi connectivity index (χ2v) is 2.92. The third kappa shape index (κ3) is 3.99. The Bertz CT molecular complexity index is 190. The van der Waals surface area contributed by atoms with Gasteiger partial charge in [-0.2, -0.15) is 0 Å². The van der Waals surface area contributed by atoms with Gasteiger partial charge in [0.05, 0.1) is 0 Å². The third-order valence-electron chi connectivity index (χ3n) is 1.32. The van der Waals surface area contributed by atoms with Crippen molar-refractivity contribution in [2.75, 3.05) is 0 Å². The average molecular weight is 173 g/mol. The number of hydrogen-bond donors (Lipinski definition) is 0. The van der Waals surface area contributed by atoms with Gasteiger partial charge in [-0.1, -0.05) is 32.1 Å². The zero-order chi connectivity index (χ0) is 8.85. The van der Waals surface area contributed by atoms with Crippen molar-refractivity contribution in [3.8, 4) is 0 Å². The first-order valence-corrected chi connectivity index (χ1v) is 4.00. The molecule has 62 valence electrons. The molecule has 0 aromatic rings. The van der Waals surface area contributed by atoms with Gasteiger partial charge in [0.1, 0.15) is 0 Å². The van der Waals surface area contributed by atoms with Gasteiger partial charge in [0.25, 0.3) is 0 Å². The van der Waals surface area contributed by atoms with E-state index in [2.05, 4.69) is 0 Å². The summed E-state index contributed by atoms with van der Waals surface area (Å²) in [6.07, 6.45) is 5.43. The average Bonchev–Trinajstić information content (AvgIpc) is 1.87. The Morgan fingerprint density at radius 3 is 2.27 bits per heavy atom. The maximum absolute atomic E-state index is 10.8. The highest BCUT2D eigenvalue weighted by Gasteiger charge is 2.08. The lowest BCUT2D eigenvalue weighted by molar-refractivity contribution is -0.108. The maximum Gasteiger partial charge on any atom is 0.248 e. The number of halogens is 1. The molecule has 0 aliphatic heterocycles. The minimum Gasteiger partial charge on any atom is -0.276 e. The summed E-state index contributed by atoms with van der Waals surface area (Å²) >= 11 is 5.33. The summed E-state index contributed by atoms with van der Waals surface area (Å²) in [5, 5.41) is -0.363. The number of carbonyl (C=O) groups excluding carboxylic acids is 1. The van der Waals surface area contributed by atoms with Crippen molar-refractivity contribution in [3.63, 3.8) is 0 Å². The summed E-state index contributed by atoms with van der Waals surface area (Å²) in [5.74, 6) is 0.191. The van der Waals surface area contributed by atoms with Crippen LogP contribution in [-0.4, -0.2) is 5.24 Å². The minimum atomic E-state index is -0.363. The van der Waals surface area contributed by atoms with Gasteiger partial charge in [0.2, 0.25) is 5.24 Å². The number of allylic oxidation sites excluding steroid dienone is 4. The summed E-state index contributed by atoms with van der Waals surface area (Å²) in [4.78, 5) is 10.8. The van der Waals surface area contributed by atoms with E-state index in [0.29, 0.717) is 5.57 Å². The smallest absolute Gasteiger partial charge is 0.248 e. The Kier molecular flexibility index (Phi) is 4.88. The van der Waals surface area contributed by atoms with Crippen LogP contribution in [0, 0.1) is 5.92 Å². The summed E-state index contributed by atoms with van der Waals surface area (Å²) < 4.78 is 0. The van der Waals surface area contributed by atoms with Crippen molar-refractivity contribution < 1.29 is 4.79 Å². The van der Waals surface area contributed by atoms with Crippen LogP contribution in [0.15, 0.2) is 23.8 Å². The molecular weight excluding hydrogens is 160 g/mol. The van der Waals surface area contributed by atoms with Crippen LogP contribution in [0.2, 0.25) is 0 Å². The van der Waals surface area contributed by atoms with Gasteiger partial charge in [0, 0.05) is 5.57 Å². The van der Waals surface area contributed by atoms with Crippen molar-refractivity contribution in [2.45, 2.75) is 20.8 Å². The Hall–Kier alpha value is -0.560. The highest BCUT2D eigenvalue weighted by molar-refractivity contribution is 6.67. The molecule has 0 rings (SSSR count). The van der Waals surface area contributed by atoms with Crippen molar-refractivity contribution in [3.05, 3.63) is 23.8 Å². The normalized spacial score (nSPS) is 13.0. The van der Waals surface area contributed by atoms with Crippen LogP contribution >= 0.6 is 11.6 Å². The maximum atomic E-state index is 10.8. The van der Waals surface area contributed by atoms with Crippen LogP contribution in [-0.2, 0) is 4.79 Å². The molecule has 0 amide bonds. The number of carbonyl (C=O) groups is 1. The second kappa shape index (κ2) is 5.14. The topological polar surface area (TPSA) is 17.1 Å². The van der Waals surface area contributed by atoms with Gasteiger partial charge in [0.15, 0.2) is 0 Å². The van der Waals surface area contributed by atoms with Gasteiger partial charge in [-0.15, -0.1) is 0 Å². The van der Waals surface area contributed by atoms with E-state index in [1.807, 2.05) is 32.9 Å². The van der Waals surface area contributed by atoms with Gasteiger partial charge in [-0.25, -0.2) is 0 Å². The predicted molar refractivity (Wildman–Crippen MR) is 48.6 cm³/mol. The summed E-state index contributed by atoms with van der Waals surface area (Å²) in [6, 6.07) is 0. The van der Waals surface area contributed by atoms with Crippen LogP contribution in [0.4, 0.5) is 0 Å². The molecule has 0 unspecified atom stereocenters. The van der Waals surface area contributed by atoms with Crippen molar-refractivity contribution >= 4 is 16.8 Å². The predicted octanol–water partition coefficient (Wildman–Crippen LogP) is 2.91. The Morgan fingerprint density at radius 1 is 1.45 bits per heavy atom. The van der Waals surface area contributed by atoms with Gasteiger partial charge in [-0.05, 0) is 24.4 Å². The highest BCUT2D eigenvalue weighted by atomic mass is 35.5. The molecule has 2 heteroatoms. The van der Waals surface area contributed by atoms with Crippen molar-refractivity contribution in [2.24, 2.45) is 5.92 Å². The lowest BCUT2D eigenvalue weighted by Crippen LogP contribution is -2.00. The molecule has 0 aliphatic carbocycles. The first-order valence-electron chi connectivity index (χ1n) is 3.62. The van der Waals surface area contributed by atoms with Crippen LogP contribution in [0.3, 0.4) is 0 Å². The molecule has 0 saturated heterocycles.